The van der Waals surface area contributed by atoms with E-state index in [4.69, 9.17) is 23.2 Å². The van der Waals surface area contributed by atoms with Crippen LogP contribution in [0, 0.1) is 0 Å². The predicted molar refractivity (Wildman–Crippen MR) is 87.7 cm³/mol. The van der Waals surface area contributed by atoms with Crippen LogP contribution in [0.2, 0.25) is 10.0 Å². The Bertz CT molecular complexity index is 634. The molecule has 2 N–H and O–H groups in total. The molecule has 2 rings (SSSR count). The molecular formula is C14H11BrCl2N2O. The number of hydrogen-bond acceptors (Lipinski definition) is 2. The number of rotatable bonds is 4. The van der Waals surface area contributed by atoms with Crippen LogP contribution in [0.25, 0.3) is 0 Å². The molecule has 6 heteroatoms. The van der Waals surface area contributed by atoms with Gasteiger partial charge >= 0.3 is 0 Å². The van der Waals surface area contributed by atoms with Gasteiger partial charge in [-0.15, -0.1) is 0 Å². The molecule has 0 aliphatic heterocycles. The monoisotopic (exact) mass is 372 g/mol. The molecule has 0 heterocycles. The van der Waals surface area contributed by atoms with Crippen LogP contribution < -0.4 is 10.6 Å². The summed E-state index contributed by atoms with van der Waals surface area (Å²) in [5.74, 6) is -0.204. The second kappa shape index (κ2) is 6.97. The Morgan fingerprint density at radius 1 is 1.10 bits per heavy atom. The van der Waals surface area contributed by atoms with Crippen molar-refractivity contribution in [2.45, 2.75) is 0 Å². The predicted octanol–water partition coefficient (Wildman–Crippen LogP) is 4.81. The lowest BCUT2D eigenvalue weighted by molar-refractivity contribution is -0.114. The van der Waals surface area contributed by atoms with Gasteiger partial charge in [-0.1, -0.05) is 35.3 Å². The van der Waals surface area contributed by atoms with E-state index >= 15 is 0 Å². The number of carbonyl (C=O) groups excluding carboxylic acids is 1. The van der Waals surface area contributed by atoms with Crippen molar-refractivity contribution in [3.63, 3.8) is 0 Å². The number of amides is 1. The summed E-state index contributed by atoms with van der Waals surface area (Å²) in [4.78, 5) is 11.9. The average molecular weight is 374 g/mol. The average Bonchev–Trinajstić information content (AvgIpc) is 2.42. The zero-order chi connectivity index (χ0) is 14.5. The van der Waals surface area contributed by atoms with Crippen LogP contribution in [0.15, 0.2) is 46.9 Å². The number of nitrogens with one attached hydrogen (secondary N) is 2. The second-order valence-corrected chi connectivity index (χ2v) is 5.70. The molecular weight excluding hydrogens is 363 g/mol. The highest BCUT2D eigenvalue weighted by Gasteiger charge is 2.07. The van der Waals surface area contributed by atoms with Gasteiger partial charge in [0.15, 0.2) is 0 Å². The minimum Gasteiger partial charge on any atom is -0.375 e. The Balaban J connectivity index is 1.96. The highest BCUT2D eigenvalue weighted by Crippen LogP contribution is 2.25. The molecule has 0 bridgehead atoms. The minimum absolute atomic E-state index is 0.130. The van der Waals surface area contributed by atoms with Gasteiger partial charge in [-0.05, 0) is 46.3 Å². The number of para-hydroxylation sites is 1. The number of halogens is 3. The first-order valence-electron chi connectivity index (χ1n) is 5.79. The highest BCUT2D eigenvalue weighted by molar-refractivity contribution is 9.10. The molecule has 0 aliphatic rings. The summed E-state index contributed by atoms with van der Waals surface area (Å²) in [6.07, 6.45) is 0. The van der Waals surface area contributed by atoms with Gasteiger partial charge in [0, 0.05) is 15.2 Å². The normalized spacial score (nSPS) is 10.2. The van der Waals surface area contributed by atoms with E-state index in [9.17, 15) is 4.79 Å². The molecule has 0 atom stereocenters. The van der Waals surface area contributed by atoms with Gasteiger partial charge in [0.2, 0.25) is 5.91 Å². The first-order chi connectivity index (χ1) is 9.56. The molecule has 0 spiro atoms. The van der Waals surface area contributed by atoms with Crippen LogP contribution in [-0.2, 0) is 4.79 Å². The Kier molecular flexibility index (Phi) is 5.29. The van der Waals surface area contributed by atoms with Crippen molar-refractivity contribution in [1.29, 1.82) is 0 Å². The molecule has 2 aromatic carbocycles. The van der Waals surface area contributed by atoms with Crippen LogP contribution in [0.5, 0.6) is 0 Å². The molecule has 20 heavy (non-hydrogen) atoms. The largest absolute Gasteiger partial charge is 0.375 e. The third kappa shape index (κ3) is 4.13. The van der Waals surface area contributed by atoms with E-state index < -0.39 is 0 Å². The third-order valence-corrected chi connectivity index (χ3v) is 3.77. The Hall–Kier alpha value is -1.23. The smallest absolute Gasteiger partial charge is 0.243 e. The first-order valence-corrected chi connectivity index (χ1v) is 7.34. The van der Waals surface area contributed by atoms with E-state index in [1.165, 1.54) is 0 Å². The maximum atomic E-state index is 11.9. The van der Waals surface area contributed by atoms with Gasteiger partial charge in [0.25, 0.3) is 0 Å². The number of benzene rings is 2. The zero-order valence-electron chi connectivity index (χ0n) is 10.3. The maximum Gasteiger partial charge on any atom is 0.243 e. The number of anilines is 2. The van der Waals surface area contributed by atoms with E-state index in [1.807, 2.05) is 24.3 Å². The molecule has 0 saturated heterocycles. The summed E-state index contributed by atoms with van der Waals surface area (Å²) in [6.45, 7) is 0.130. The molecule has 0 unspecified atom stereocenters. The topological polar surface area (TPSA) is 41.1 Å². The van der Waals surface area contributed by atoms with Crippen LogP contribution in [-0.4, -0.2) is 12.5 Å². The summed E-state index contributed by atoms with van der Waals surface area (Å²) in [6, 6.07) is 12.5. The van der Waals surface area contributed by atoms with Crippen molar-refractivity contribution in [1.82, 2.24) is 0 Å². The highest BCUT2D eigenvalue weighted by atomic mass is 79.9. The first kappa shape index (κ1) is 15.2. The third-order valence-electron chi connectivity index (χ3n) is 2.52. The van der Waals surface area contributed by atoms with Crippen LogP contribution in [0.1, 0.15) is 0 Å². The molecule has 3 nitrogen and oxygen atoms in total. The van der Waals surface area contributed by atoms with Crippen LogP contribution >= 0.6 is 39.1 Å². The lowest BCUT2D eigenvalue weighted by atomic mass is 10.3. The Morgan fingerprint density at radius 2 is 1.85 bits per heavy atom. The van der Waals surface area contributed by atoms with Crippen molar-refractivity contribution >= 4 is 56.4 Å². The SMILES string of the molecule is O=C(CNc1ccccc1Br)Nc1cc(Cl)ccc1Cl. The molecule has 1 amide bonds. The molecule has 0 aromatic heterocycles. The fraction of sp³-hybridized carbons (Fsp3) is 0.0714. The quantitative estimate of drug-likeness (QED) is 0.807. The maximum absolute atomic E-state index is 11.9. The summed E-state index contributed by atoms with van der Waals surface area (Å²) >= 11 is 15.2. The summed E-state index contributed by atoms with van der Waals surface area (Å²) in [5.41, 5.74) is 1.35. The zero-order valence-corrected chi connectivity index (χ0v) is 13.4. The van der Waals surface area contributed by atoms with Gasteiger partial charge in [-0.2, -0.15) is 0 Å². The lowest BCUT2D eigenvalue weighted by Gasteiger charge is -2.10. The summed E-state index contributed by atoms with van der Waals surface area (Å²) in [5, 5.41) is 6.70. The van der Waals surface area contributed by atoms with Crippen LogP contribution in [0.3, 0.4) is 0 Å². The van der Waals surface area contributed by atoms with Crippen molar-refractivity contribution in [3.8, 4) is 0 Å². The van der Waals surface area contributed by atoms with Crippen molar-refractivity contribution in [3.05, 3.63) is 57.0 Å². The fourth-order valence-electron chi connectivity index (χ4n) is 1.57. The van der Waals surface area contributed by atoms with E-state index in [1.54, 1.807) is 18.2 Å². The molecule has 104 valence electrons. The lowest BCUT2D eigenvalue weighted by Crippen LogP contribution is -2.22. The van der Waals surface area contributed by atoms with E-state index in [2.05, 4.69) is 26.6 Å². The Morgan fingerprint density at radius 3 is 2.60 bits per heavy atom. The molecule has 2 aromatic rings. The molecule has 0 aliphatic carbocycles. The van der Waals surface area contributed by atoms with Gasteiger partial charge in [0.1, 0.15) is 0 Å². The van der Waals surface area contributed by atoms with Gasteiger partial charge in [0.05, 0.1) is 17.3 Å². The van der Waals surface area contributed by atoms with Crippen molar-refractivity contribution in [2.24, 2.45) is 0 Å². The molecule has 0 saturated carbocycles. The standard InChI is InChI=1S/C14H11BrCl2N2O/c15-10-3-1-2-4-12(10)18-8-14(20)19-13-7-9(16)5-6-11(13)17/h1-7,18H,8H2,(H,19,20). The van der Waals surface area contributed by atoms with E-state index in [0.717, 1.165) is 10.2 Å². The number of carbonyl (C=O) groups is 1. The second-order valence-electron chi connectivity index (χ2n) is 4.01. The van der Waals surface area contributed by atoms with Gasteiger partial charge < -0.3 is 10.6 Å². The molecule has 0 fully saturated rings. The van der Waals surface area contributed by atoms with Gasteiger partial charge in [-0.3, -0.25) is 4.79 Å². The van der Waals surface area contributed by atoms with E-state index in [-0.39, 0.29) is 12.5 Å². The summed E-state index contributed by atoms with van der Waals surface area (Å²) in [7, 11) is 0. The molecule has 0 radical (unpaired) electrons. The summed E-state index contributed by atoms with van der Waals surface area (Å²) < 4.78 is 0.897. The van der Waals surface area contributed by atoms with E-state index in [0.29, 0.717) is 15.7 Å². The van der Waals surface area contributed by atoms with Crippen LogP contribution in [0.4, 0.5) is 11.4 Å². The Labute approximate surface area is 135 Å². The van der Waals surface area contributed by atoms with Gasteiger partial charge in [-0.25, -0.2) is 0 Å². The fourth-order valence-corrected chi connectivity index (χ4v) is 2.33. The minimum atomic E-state index is -0.204. The van der Waals surface area contributed by atoms with Crippen molar-refractivity contribution < 1.29 is 4.79 Å². The van der Waals surface area contributed by atoms with Crippen molar-refractivity contribution in [2.75, 3.05) is 17.2 Å². The number of hydrogen-bond donors (Lipinski definition) is 2.